The summed E-state index contributed by atoms with van der Waals surface area (Å²) in [6, 6.07) is 10.3. The lowest BCUT2D eigenvalue weighted by molar-refractivity contribution is -0.118. The Balaban J connectivity index is 1.74. The number of fused-ring (bicyclic) bond motifs is 1. The fourth-order valence-electron chi connectivity index (χ4n) is 2.87. The number of aromatic nitrogens is 1. The van der Waals surface area contributed by atoms with Gasteiger partial charge >= 0.3 is 0 Å². The van der Waals surface area contributed by atoms with E-state index in [9.17, 15) is 17.6 Å². The maximum atomic E-state index is 13.5. The van der Waals surface area contributed by atoms with Crippen LogP contribution in [0, 0.1) is 5.82 Å². The molecule has 0 saturated carbocycles. The Morgan fingerprint density at radius 2 is 1.97 bits per heavy atom. The molecule has 0 aliphatic carbocycles. The Kier molecular flexibility index (Phi) is 7.41. The number of hydrogen-bond acceptors (Lipinski definition) is 5. The molecule has 3 aromatic rings. The Bertz CT molecular complexity index is 1220. The van der Waals surface area contributed by atoms with Gasteiger partial charge in [-0.15, -0.1) is 0 Å². The maximum absolute atomic E-state index is 13.5. The summed E-state index contributed by atoms with van der Waals surface area (Å²) in [6.45, 7) is 0.864. The third-order valence-corrected chi connectivity index (χ3v) is 7.47. The van der Waals surface area contributed by atoms with Crippen LogP contribution in [-0.4, -0.2) is 38.4 Å². The SMILES string of the molecule is COCCn1c(=NC(=O)CCCS(=O)(=O)c2ccc(Cl)cc2)sc2cc(F)ccc21. The largest absolute Gasteiger partial charge is 0.383 e. The van der Waals surface area contributed by atoms with Gasteiger partial charge in [-0.3, -0.25) is 4.79 Å². The maximum Gasteiger partial charge on any atom is 0.248 e. The van der Waals surface area contributed by atoms with Gasteiger partial charge in [0.25, 0.3) is 0 Å². The molecule has 6 nitrogen and oxygen atoms in total. The van der Waals surface area contributed by atoms with E-state index in [4.69, 9.17) is 16.3 Å². The lowest BCUT2D eigenvalue weighted by Gasteiger charge is -2.05. The second kappa shape index (κ2) is 9.82. The van der Waals surface area contributed by atoms with Gasteiger partial charge in [0.1, 0.15) is 5.82 Å². The van der Waals surface area contributed by atoms with E-state index >= 15 is 0 Å². The number of rotatable bonds is 8. The molecule has 160 valence electrons. The van der Waals surface area contributed by atoms with Crippen molar-refractivity contribution in [2.45, 2.75) is 24.3 Å². The van der Waals surface area contributed by atoms with E-state index in [0.29, 0.717) is 27.7 Å². The van der Waals surface area contributed by atoms with E-state index in [1.807, 2.05) is 0 Å². The molecule has 0 spiro atoms. The van der Waals surface area contributed by atoms with E-state index < -0.39 is 15.7 Å². The van der Waals surface area contributed by atoms with Crippen LogP contribution in [0.3, 0.4) is 0 Å². The normalized spacial score (nSPS) is 12.6. The van der Waals surface area contributed by atoms with Crippen molar-refractivity contribution >= 4 is 48.9 Å². The van der Waals surface area contributed by atoms with Crippen LogP contribution in [0.4, 0.5) is 4.39 Å². The molecule has 0 radical (unpaired) electrons. The van der Waals surface area contributed by atoms with Crippen LogP contribution in [0.25, 0.3) is 10.2 Å². The topological polar surface area (TPSA) is 77.7 Å². The Labute approximate surface area is 182 Å². The molecule has 1 aromatic heterocycles. The average Bonchev–Trinajstić information content (AvgIpc) is 3.02. The molecule has 10 heteroatoms. The lowest BCUT2D eigenvalue weighted by atomic mass is 10.3. The van der Waals surface area contributed by atoms with E-state index in [2.05, 4.69) is 4.99 Å². The summed E-state index contributed by atoms with van der Waals surface area (Å²) in [5.41, 5.74) is 0.760. The highest BCUT2D eigenvalue weighted by atomic mass is 35.5. The van der Waals surface area contributed by atoms with Crippen molar-refractivity contribution in [3.05, 3.63) is 58.1 Å². The van der Waals surface area contributed by atoms with E-state index in [1.54, 1.807) is 17.7 Å². The minimum absolute atomic E-state index is 0.0142. The van der Waals surface area contributed by atoms with Crippen LogP contribution in [0.15, 0.2) is 52.4 Å². The number of halogens is 2. The first kappa shape index (κ1) is 22.6. The fraction of sp³-hybridized carbons (Fsp3) is 0.300. The van der Waals surface area contributed by atoms with Crippen LogP contribution in [0.1, 0.15) is 12.8 Å². The fourth-order valence-corrected chi connectivity index (χ4v) is 5.40. The second-order valence-electron chi connectivity index (χ2n) is 6.52. The third-order valence-electron chi connectivity index (χ3n) is 4.36. The molecule has 0 aliphatic heterocycles. The predicted octanol–water partition coefficient (Wildman–Crippen LogP) is 3.82. The molecular weight excluding hydrogens is 451 g/mol. The number of methoxy groups -OCH3 is 1. The summed E-state index contributed by atoms with van der Waals surface area (Å²) in [7, 11) is -1.94. The van der Waals surface area contributed by atoms with Gasteiger partial charge in [-0.25, -0.2) is 12.8 Å². The van der Waals surface area contributed by atoms with Gasteiger partial charge in [-0.1, -0.05) is 22.9 Å². The van der Waals surface area contributed by atoms with E-state index in [1.165, 1.54) is 47.7 Å². The van der Waals surface area contributed by atoms with Gasteiger partial charge < -0.3 is 9.30 Å². The molecule has 1 heterocycles. The molecule has 30 heavy (non-hydrogen) atoms. The summed E-state index contributed by atoms with van der Waals surface area (Å²) >= 11 is 6.99. The zero-order valence-corrected chi connectivity index (χ0v) is 18.6. The van der Waals surface area contributed by atoms with Gasteiger partial charge in [-0.2, -0.15) is 4.99 Å². The Morgan fingerprint density at radius 1 is 1.23 bits per heavy atom. The number of hydrogen-bond donors (Lipinski definition) is 0. The van der Waals surface area contributed by atoms with Crippen molar-refractivity contribution in [1.82, 2.24) is 4.57 Å². The summed E-state index contributed by atoms with van der Waals surface area (Å²) < 4.78 is 45.9. The molecule has 2 aromatic carbocycles. The van der Waals surface area contributed by atoms with E-state index in [0.717, 1.165) is 5.52 Å². The zero-order chi connectivity index (χ0) is 21.7. The standard InChI is InChI=1S/C20H20ClFN2O4S2/c1-28-11-10-24-17-9-6-15(22)13-18(17)29-20(24)23-19(25)3-2-12-30(26,27)16-7-4-14(21)5-8-16/h4-9,13H,2-3,10-12H2,1H3. The number of carbonyl (C=O) groups is 1. The van der Waals surface area contributed by atoms with Crippen LogP contribution in [0.5, 0.6) is 0 Å². The quantitative estimate of drug-likeness (QED) is 0.501. The van der Waals surface area contributed by atoms with Crippen LogP contribution in [0.2, 0.25) is 5.02 Å². The highest BCUT2D eigenvalue weighted by molar-refractivity contribution is 7.91. The molecule has 0 atom stereocenters. The van der Waals surface area contributed by atoms with Crippen molar-refractivity contribution in [1.29, 1.82) is 0 Å². The number of thiazole rings is 1. The molecule has 1 amide bonds. The zero-order valence-electron chi connectivity index (χ0n) is 16.2. The number of benzene rings is 2. The molecule has 0 N–H and O–H groups in total. The van der Waals surface area contributed by atoms with Gasteiger partial charge in [-0.05, 0) is 48.9 Å². The summed E-state index contributed by atoms with van der Waals surface area (Å²) in [6.07, 6.45) is 0.130. The second-order valence-corrected chi connectivity index (χ2v) is 10.1. The first-order chi connectivity index (χ1) is 14.3. The van der Waals surface area contributed by atoms with Crippen LogP contribution < -0.4 is 4.80 Å². The third kappa shape index (κ3) is 5.54. The van der Waals surface area contributed by atoms with Crippen LogP contribution >= 0.6 is 22.9 Å². The minimum Gasteiger partial charge on any atom is -0.383 e. The van der Waals surface area contributed by atoms with Crippen molar-refractivity contribution < 1.29 is 22.3 Å². The first-order valence-electron chi connectivity index (χ1n) is 9.14. The number of ether oxygens (including phenoxy) is 1. The first-order valence-corrected chi connectivity index (χ1v) is 12.0. The highest BCUT2D eigenvalue weighted by Crippen LogP contribution is 2.19. The Hall–Kier alpha value is -2.07. The van der Waals surface area contributed by atoms with Gasteiger partial charge in [0, 0.05) is 25.1 Å². The predicted molar refractivity (Wildman–Crippen MR) is 115 cm³/mol. The number of amides is 1. The molecular formula is C20H20ClFN2O4S2. The van der Waals surface area contributed by atoms with Crippen LogP contribution in [-0.2, 0) is 25.9 Å². The molecule has 0 unspecified atom stereocenters. The monoisotopic (exact) mass is 470 g/mol. The Morgan fingerprint density at radius 3 is 2.67 bits per heavy atom. The number of carbonyl (C=O) groups excluding carboxylic acids is 1. The van der Waals surface area contributed by atoms with Crippen molar-refractivity contribution in [2.24, 2.45) is 4.99 Å². The van der Waals surface area contributed by atoms with E-state index in [-0.39, 0.29) is 29.3 Å². The van der Waals surface area contributed by atoms with Gasteiger partial charge in [0.2, 0.25) is 5.91 Å². The van der Waals surface area contributed by atoms with Gasteiger partial charge in [0.15, 0.2) is 14.6 Å². The molecule has 3 rings (SSSR count). The summed E-state index contributed by atoms with van der Waals surface area (Å²) in [5.74, 6) is -0.968. The van der Waals surface area contributed by atoms with Crippen molar-refractivity contribution in [2.75, 3.05) is 19.5 Å². The van der Waals surface area contributed by atoms with Crippen molar-refractivity contribution in [3.8, 4) is 0 Å². The minimum atomic E-state index is -3.50. The summed E-state index contributed by atoms with van der Waals surface area (Å²) in [5, 5.41) is 0.452. The molecule has 0 fully saturated rings. The summed E-state index contributed by atoms with van der Waals surface area (Å²) in [4.78, 5) is 17.1. The molecule has 0 saturated heterocycles. The smallest absolute Gasteiger partial charge is 0.248 e. The number of nitrogens with zero attached hydrogens (tertiary/aromatic N) is 2. The molecule has 0 bridgehead atoms. The highest BCUT2D eigenvalue weighted by Gasteiger charge is 2.15. The average molecular weight is 471 g/mol. The van der Waals surface area contributed by atoms with Gasteiger partial charge in [0.05, 0.1) is 27.5 Å². The van der Waals surface area contributed by atoms with Crippen molar-refractivity contribution in [3.63, 3.8) is 0 Å². The molecule has 0 aliphatic rings. The number of sulfone groups is 1. The lowest BCUT2D eigenvalue weighted by Crippen LogP contribution is -2.19.